The number of aromatic nitrogens is 2. The molecule has 0 fully saturated rings. The maximum atomic E-state index is 5.69. The number of fused-ring (bicyclic) bond motifs is 1. The van der Waals surface area contributed by atoms with Crippen molar-refractivity contribution in [3.05, 3.63) is 24.0 Å². The summed E-state index contributed by atoms with van der Waals surface area (Å²) in [6, 6.07) is 5.73. The smallest absolute Gasteiger partial charge is 0.113 e. The molecule has 14 heavy (non-hydrogen) atoms. The van der Waals surface area contributed by atoms with Gasteiger partial charge in [-0.15, -0.1) is 0 Å². The molecule has 0 aliphatic heterocycles. The van der Waals surface area contributed by atoms with Gasteiger partial charge in [-0.05, 0) is 12.1 Å². The standard InChI is InChI=1S/C11H13BN2/c1-11(2,3)10-13-8-5-4-7(12)6-9(8)14-10/h4-6H,1-3H3,(H,13,14). The zero-order valence-electron chi connectivity index (χ0n) is 8.76. The molecule has 1 heterocycles. The van der Waals surface area contributed by atoms with Crippen LogP contribution < -0.4 is 5.46 Å². The summed E-state index contributed by atoms with van der Waals surface area (Å²) in [6.45, 7) is 6.40. The van der Waals surface area contributed by atoms with Gasteiger partial charge in [0.25, 0.3) is 0 Å². The first-order valence-corrected chi connectivity index (χ1v) is 4.72. The number of aromatic amines is 1. The number of nitrogens with zero attached hydrogens (tertiary/aromatic N) is 1. The summed E-state index contributed by atoms with van der Waals surface area (Å²) in [5.74, 6) is 0.998. The van der Waals surface area contributed by atoms with E-state index in [4.69, 9.17) is 7.85 Å². The summed E-state index contributed by atoms with van der Waals surface area (Å²) in [5, 5.41) is 0. The monoisotopic (exact) mass is 184 g/mol. The van der Waals surface area contributed by atoms with E-state index in [1.54, 1.807) is 0 Å². The Bertz CT molecular complexity index is 466. The number of H-pyrrole nitrogens is 1. The van der Waals surface area contributed by atoms with Crippen LogP contribution in [-0.2, 0) is 5.41 Å². The third kappa shape index (κ3) is 1.54. The van der Waals surface area contributed by atoms with Crippen molar-refractivity contribution in [1.82, 2.24) is 9.97 Å². The van der Waals surface area contributed by atoms with Gasteiger partial charge in [-0.2, -0.15) is 0 Å². The number of imidazole rings is 1. The fraction of sp³-hybridized carbons (Fsp3) is 0.364. The van der Waals surface area contributed by atoms with Gasteiger partial charge >= 0.3 is 0 Å². The summed E-state index contributed by atoms with van der Waals surface area (Å²) >= 11 is 0. The first-order chi connectivity index (χ1) is 6.47. The molecule has 3 heteroatoms. The van der Waals surface area contributed by atoms with E-state index in [0.717, 1.165) is 22.3 Å². The summed E-state index contributed by atoms with van der Waals surface area (Å²) in [6.07, 6.45) is 0. The molecular weight excluding hydrogens is 171 g/mol. The zero-order chi connectivity index (χ0) is 10.3. The molecule has 0 saturated heterocycles. The van der Waals surface area contributed by atoms with Crippen LogP contribution in [0.2, 0.25) is 0 Å². The van der Waals surface area contributed by atoms with E-state index < -0.39 is 0 Å². The van der Waals surface area contributed by atoms with E-state index in [1.807, 2.05) is 18.2 Å². The molecule has 0 unspecified atom stereocenters. The van der Waals surface area contributed by atoms with Gasteiger partial charge in [0.05, 0.1) is 11.0 Å². The Labute approximate surface area is 85.2 Å². The van der Waals surface area contributed by atoms with Gasteiger partial charge in [-0.1, -0.05) is 32.3 Å². The second-order valence-electron chi connectivity index (χ2n) is 4.61. The molecule has 2 nitrogen and oxygen atoms in total. The number of hydrogen-bond donors (Lipinski definition) is 1. The largest absolute Gasteiger partial charge is 0.342 e. The van der Waals surface area contributed by atoms with Crippen LogP contribution in [0.5, 0.6) is 0 Å². The predicted molar refractivity (Wildman–Crippen MR) is 60.2 cm³/mol. The number of hydrogen-bond acceptors (Lipinski definition) is 1. The molecule has 0 aliphatic rings. The van der Waals surface area contributed by atoms with Crippen LogP contribution in [0.1, 0.15) is 26.6 Å². The van der Waals surface area contributed by atoms with Gasteiger partial charge in [0.15, 0.2) is 0 Å². The first kappa shape index (κ1) is 9.32. The van der Waals surface area contributed by atoms with Crippen LogP contribution in [0.15, 0.2) is 18.2 Å². The predicted octanol–water partition coefficient (Wildman–Crippen LogP) is 1.65. The van der Waals surface area contributed by atoms with Crippen molar-refractivity contribution in [1.29, 1.82) is 0 Å². The molecule has 1 aromatic carbocycles. The lowest BCUT2D eigenvalue weighted by Crippen LogP contribution is -2.12. The van der Waals surface area contributed by atoms with E-state index in [-0.39, 0.29) is 5.41 Å². The van der Waals surface area contributed by atoms with Gasteiger partial charge in [0.2, 0.25) is 0 Å². The van der Waals surface area contributed by atoms with E-state index in [2.05, 4.69) is 30.7 Å². The number of benzene rings is 1. The third-order valence-electron chi connectivity index (χ3n) is 2.22. The highest BCUT2D eigenvalue weighted by Gasteiger charge is 2.17. The van der Waals surface area contributed by atoms with Crippen molar-refractivity contribution < 1.29 is 0 Å². The molecular formula is C11H13BN2. The van der Waals surface area contributed by atoms with Crippen molar-refractivity contribution in [3.8, 4) is 0 Å². The van der Waals surface area contributed by atoms with Crippen LogP contribution in [0.3, 0.4) is 0 Å². The molecule has 2 rings (SSSR count). The molecule has 0 amide bonds. The minimum atomic E-state index is 0.0494. The lowest BCUT2D eigenvalue weighted by Gasteiger charge is -2.13. The lowest BCUT2D eigenvalue weighted by molar-refractivity contribution is 0.554. The summed E-state index contributed by atoms with van der Waals surface area (Å²) in [4.78, 5) is 7.80. The summed E-state index contributed by atoms with van der Waals surface area (Å²) in [7, 11) is 5.69. The quantitative estimate of drug-likeness (QED) is 0.619. The van der Waals surface area contributed by atoms with Crippen LogP contribution in [0.25, 0.3) is 11.0 Å². The average Bonchev–Trinajstić information content (AvgIpc) is 2.45. The maximum Gasteiger partial charge on any atom is 0.113 e. The third-order valence-corrected chi connectivity index (χ3v) is 2.22. The topological polar surface area (TPSA) is 28.7 Å². The molecule has 0 atom stereocenters. The summed E-state index contributed by atoms with van der Waals surface area (Å²) in [5.41, 5.74) is 2.80. The van der Waals surface area contributed by atoms with E-state index in [1.165, 1.54) is 0 Å². The molecule has 0 aliphatic carbocycles. The fourth-order valence-corrected chi connectivity index (χ4v) is 1.38. The fourth-order valence-electron chi connectivity index (χ4n) is 1.38. The highest BCUT2D eigenvalue weighted by atomic mass is 14.9. The highest BCUT2D eigenvalue weighted by molar-refractivity contribution is 6.33. The van der Waals surface area contributed by atoms with Gasteiger partial charge < -0.3 is 4.98 Å². The lowest BCUT2D eigenvalue weighted by atomic mass is 9.96. The molecule has 1 N–H and O–H groups in total. The molecule has 0 saturated carbocycles. The minimum absolute atomic E-state index is 0.0494. The second-order valence-corrected chi connectivity index (χ2v) is 4.61. The van der Waals surface area contributed by atoms with Crippen LogP contribution in [0, 0.1) is 0 Å². The second kappa shape index (κ2) is 2.87. The normalized spacial score (nSPS) is 12.2. The van der Waals surface area contributed by atoms with Crippen molar-refractivity contribution in [2.24, 2.45) is 0 Å². The van der Waals surface area contributed by atoms with E-state index >= 15 is 0 Å². The number of nitrogens with one attached hydrogen (secondary N) is 1. The van der Waals surface area contributed by atoms with Crippen molar-refractivity contribution in [3.63, 3.8) is 0 Å². The molecule has 1 aromatic heterocycles. The summed E-state index contributed by atoms with van der Waals surface area (Å²) < 4.78 is 0. The zero-order valence-corrected chi connectivity index (χ0v) is 8.76. The van der Waals surface area contributed by atoms with Gasteiger partial charge in [-0.3, -0.25) is 0 Å². The Balaban J connectivity index is 2.63. The molecule has 0 spiro atoms. The highest BCUT2D eigenvalue weighted by Crippen LogP contribution is 2.21. The van der Waals surface area contributed by atoms with Gasteiger partial charge in [0, 0.05) is 5.41 Å². The molecule has 70 valence electrons. The Morgan fingerprint density at radius 1 is 1.29 bits per heavy atom. The SMILES string of the molecule is [B]c1ccc2nc(C(C)(C)C)[nH]c2c1. The Morgan fingerprint density at radius 3 is 2.64 bits per heavy atom. The van der Waals surface area contributed by atoms with Crippen molar-refractivity contribution in [2.75, 3.05) is 0 Å². The van der Waals surface area contributed by atoms with Gasteiger partial charge in [-0.25, -0.2) is 4.98 Å². The Morgan fingerprint density at radius 2 is 2.00 bits per heavy atom. The molecule has 0 bridgehead atoms. The maximum absolute atomic E-state index is 5.69. The molecule has 2 aromatic rings. The first-order valence-electron chi connectivity index (χ1n) is 4.72. The number of rotatable bonds is 0. The Hall–Kier alpha value is -1.25. The van der Waals surface area contributed by atoms with Crippen LogP contribution in [-0.4, -0.2) is 17.8 Å². The van der Waals surface area contributed by atoms with Crippen molar-refractivity contribution in [2.45, 2.75) is 26.2 Å². The van der Waals surface area contributed by atoms with Crippen LogP contribution >= 0.6 is 0 Å². The molecule has 2 radical (unpaired) electrons. The van der Waals surface area contributed by atoms with E-state index in [9.17, 15) is 0 Å². The Kier molecular flexibility index (Phi) is 1.91. The van der Waals surface area contributed by atoms with Crippen molar-refractivity contribution >= 4 is 24.3 Å². The minimum Gasteiger partial charge on any atom is -0.342 e. The van der Waals surface area contributed by atoms with E-state index in [0.29, 0.717) is 0 Å². The van der Waals surface area contributed by atoms with Crippen LogP contribution in [0.4, 0.5) is 0 Å². The average molecular weight is 184 g/mol. The van der Waals surface area contributed by atoms with Gasteiger partial charge in [0.1, 0.15) is 13.7 Å².